The average Bonchev–Trinajstić information content (AvgIpc) is 2.36. The molecule has 0 aromatic rings. The summed E-state index contributed by atoms with van der Waals surface area (Å²) in [5, 5.41) is 11.1. The zero-order valence-corrected chi connectivity index (χ0v) is 10.6. The van der Waals surface area contributed by atoms with Crippen LogP contribution in [0.1, 0.15) is 6.92 Å². The van der Waals surface area contributed by atoms with Crippen molar-refractivity contribution >= 4 is 18.0 Å². The number of carboxylic acid groups (broad SMARTS) is 1. The summed E-state index contributed by atoms with van der Waals surface area (Å²) in [6.45, 7) is 8.31. The molecule has 7 nitrogen and oxygen atoms in total. The molecule has 0 saturated heterocycles. The first kappa shape index (κ1) is 16.7. The molecule has 0 aromatic carbocycles. The number of esters is 1. The zero-order chi connectivity index (χ0) is 14.8. The van der Waals surface area contributed by atoms with Gasteiger partial charge in [0.1, 0.15) is 18.6 Å². The lowest BCUT2D eigenvalue weighted by Gasteiger charge is -2.20. The van der Waals surface area contributed by atoms with Crippen LogP contribution in [-0.2, 0) is 19.1 Å². The predicted octanol–water partition coefficient (Wildman–Crippen LogP) is 0.717. The van der Waals surface area contributed by atoms with E-state index in [0.717, 1.165) is 6.08 Å². The maximum atomic E-state index is 11.6. The average molecular weight is 271 g/mol. The van der Waals surface area contributed by atoms with Crippen LogP contribution in [0.5, 0.6) is 0 Å². The van der Waals surface area contributed by atoms with Crippen molar-refractivity contribution in [1.82, 2.24) is 5.32 Å². The number of alkyl carbamates (subject to hydrolysis) is 1. The highest BCUT2D eigenvalue weighted by Crippen LogP contribution is 2.09. The van der Waals surface area contributed by atoms with E-state index in [-0.39, 0.29) is 13.2 Å². The Hall–Kier alpha value is -2.31. The van der Waals surface area contributed by atoms with Crippen LogP contribution >= 0.6 is 0 Å². The van der Waals surface area contributed by atoms with E-state index in [0.29, 0.717) is 0 Å². The third-order valence-electron chi connectivity index (χ3n) is 2.04. The van der Waals surface area contributed by atoms with Crippen molar-refractivity contribution in [3.8, 4) is 0 Å². The molecule has 106 valence electrons. The first-order chi connectivity index (χ1) is 8.97. The van der Waals surface area contributed by atoms with Gasteiger partial charge in [0, 0.05) is 0 Å². The minimum absolute atomic E-state index is 0.0731. The molecule has 0 saturated carbocycles. The Morgan fingerprint density at radius 3 is 2.37 bits per heavy atom. The lowest BCUT2D eigenvalue weighted by Crippen LogP contribution is -2.48. The van der Waals surface area contributed by atoms with E-state index in [1.165, 1.54) is 6.08 Å². The van der Waals surface area contributed by atoms with Crippen LogP contribution in [0.2, 0.25) is 0 Å². The number of ether oxygens (including phenoxy) is 2. The fraction of sp³-hybridized carbons (Fsp3) is 0.417. The number of carbonyl (C=O) groups excluding carboxylic acids is 2. The van der Waals surface area contributed by atoms with Crippen LogP contribution in [0.4, 0.5) is 4.79 Å². The Morgan fingerprint density at radius 2 is 1.95 bits per heavy atom. The van der Waals surface area contributed by atoms with Crippen molar-refractivity contribution in [2.75, 3.05) is 13.2 Å². The molecule has 0 aromatic heterocycles. The smallest absolute Gasteiger partial charge is 0.408 e. The van der Waals surface area contributed by atoms with Crippen molar-refractivity contribution in [2.45, 2.75) is 13.0 Å². The second-order valence-corrected chi connectivity index (χ2v) is 3.36. The third-order valence-corrected chi connectivity index (χ3v) is 2.04. The fourth-order valence-corrected chi connectivity index (χ4v) is 1.22. The summed E-state index contributed by atoms with van der Waals surface area (Å²) in [4.78, 5) is 33.9. The largest absolute Gasteiger partial charge is 0.480 e. The molecule has 0 rings (SSSR count). The van der Waals surface area contributed by atoms with Gasteiger partial charge in [0.2, 0.25) is 0 Å². The Kier molecular flexibility index (Phi) is 7.67. The fourth-order valence-electron chi connectivity index (χ4n) is 1.22. The van der Waals surface area contributed by atoms with Crippen molar-refractivity contribution in [3.05, 3.63) is 25.3 Å². The number of hydrogen-bond acceptors (Lipinski definition) is 5. The molecule has 0 aliphatic rings. The van der Waals surface area contributed by atoms with Crippen LogP contribution in [0.25, 0.3) is 0 Å². The molecule has 0 radical (unpaired) electrons. The van der Waals surface area contributed by atoms with E-state index < -0.39 is 30.0 Å². The minimum atomic E-state index is -1.51. The van der Waals surface area contributed by atoms with E-state index in [4.69, 9.17) is 9.84 Å². The SMILES string of the molecule is C=CCOC(=O)N[C@H](C(=O)O)[C@H](C=C)C(=O)OCC. The van der Waals surface area contributed by atoms with Gasteiger partial charge in [-0.1, -0.05) is 18.7 Å². The number of carbonyl (C=O) groups is 3. The van der Waals surface area contributed by atoms with Gasteiger partial charge in [0.15, 0.2) is 0 Å². The number of nitrogens with one attached hydrogen (secondary N) is 1. The molecule has 0 fully saturated rings. The summed E-state index contributed by atoms with van der Waals surface area (Å²) in [6, 6.07) is -1.51. The van der Waals surface area contributed by atoms with Gasteiger partial charge in [0.25, 0.3) is 0 Å². The predicted molar refractivity (Wildman–Crippen MR) is 66.4 cm³/mol. The molecule has 0 aliphatic heterocycles. The van der Waals surface area contributed by atoms with E-state index >= 15 is 0 Å². The van der Waals surface area contributed by atoms with Crippen molar-refractivity contribution in [2.24, 2.45) is 5.92 Å². The number of hydrogen-bond donors (Lipinski definition) is 2. The summed E-state index contributed by atoms with van der Waals surface area (Å²) >= 11 is 0. The quantitative estimate of drug-likeness (QED) is 0.498. The summed E-state index contributed by atoms with van der Waals surface area (Å²) in [5.74, 6) is -3.38. The lowest BCUT2D eigenvalue weighted by molar-refractivity contribution is -0.152. The van der Waals surface area contributed by atoms with Crippen molar-refractivity contribution in [3.63, 3.8) is 0 Å². The number of amides is 1. The molecular formula is C12H17NO6. The highest BCUT2D eigenvalue weighted by Gasteiger charge is 2.34. The van der Waals surface area contributed by atoms with E-state index in [1.807, 2.05) is 0 Å². The molecule has 0 unspecified atom stereocenters. The van der Waals surface area contributed by atoms with Crippen LogP contribution in [0, 0.1) is 5.92 Å². The highest BCUT2D eigenvalue weighted by atomic mass is 16.5. The molecule has 19 heavy (non-hydrogen) atoms. The molecule has 2 atom stereocenters. The lowest BCUT2D eigenvalue weighted by atomic mass is 10.0. The van der Waals surface area contributed by atoms with Gasteiger partial charge in [0.05, 0.1) is 6.61 Å². The monoisotopic (exact) mass is 271 g/mol. The molecule has 1 amide bonds. The number of rotatable bonds is 8. The molecule has 0 bridgehead atoms. The van der Waals surface area contributed by atoms with Crippen LogP contribution < -0.4 is 5.32 Å². The molecule has 0 aliphatic carbocycles. The Labute approximate surface area is 110 Å². The van der Waals surface area contributed by atoms with E-state index in [1.54, 1.807) is 6.92 Å². The van der Waals surface area contributed by atoms with Gasteiger partial charge < -0.3 is 19.9 Å². The molecular weight excluding hydrogens is 254 g/mol. The summed E-state index contributed by atoms with van der Waals surface area (Å²) in [7, 11) is 0. The van der Waals surface area contributed by atoms with E-state index in [2.05, 4.69) is 23.2 Å². The second-order valence-electron chi connectivity index (χ2n) is 3.36. The van der Waals surface area contributed by atoms with Gasteiger partial charge in [-0.2, -0.15) is 0 Å². The molecule has 7 heteroatoms. The minimum Gasteiger partial charge on any atom is -0.480 e. The molecule has 0 spiro atoms. The number of aliphatic carboxylic acids is 1. The molecule has 2 N–H and O–H groups in total. The normalized spacial score (nSPS) is 12.7. The summed E-state index contributed by atoms with van der Waals surface area (Å²) in [5.41, 5.74) is 0. The summed E-state index contributed by atoms with van der Waals surface area (Å²) in [6.07, 6.45) is 1.46. The zero-order valence-electron chi connectivity index (χ0n) is 10.6. The topological polar surface area (TPSA) is 102 Å². The van der Waals surface area contributed by atoms with Crippen molar-refractivity contribution in [1.29, 1.82) is 0 Å². The maximum absolute atomic E-state index is 11.6. The van der Waals surface area contributed by atoms with E-state index in [9.17, 15) is 14.4 Å². The molecule has 0 heterocycles. The standard InChI is InChI=1S/C12H17NO6/c1-4-7-19-12(17)13-9(10(14)15)8(5-2)11(16)18-6-3/h4-5,8-9H,1-2,6-7H2,3H3,(H,13,17)(H,14,15)/t8-,9-/m0/s1. The van der Waals surface area contributed by atoms with Gasteiger partial charge >= 0.3 is 18.0 Å². The van der Waals surface area contributed by atoms with Gasteiger partial charge in [-0.15, -0.1) is 6.58 Å². The Morgan fingerprint density at radius 1 is 1.32 bits per heavy atom. The first-order valence-electron chi connectivity index (χ1n) is 5.54. The third kappa shape index (κ3) is 5.71. The second kappa shape index (κ2) is 8.73. The van der Waals surface area contributed by atoms with Crippen LogP contribution in [0.3, 0.4) is 0 Å². The first-order valence-corrected chi connectivity index (χ1v) is 5.54. The maximum Gasteiger partial charge on any atom is 0.408 e. The van der Waals surface area contributed by atoms with Crippen LogP contribution in [0.15, 0.2) is 25.3 Å². The van der Waals surface area contributed by atoms with Gasteiger partial charge in [-0.3, -0.25) is 4.79 Å². The number of carboxylic acids is 1. The van der Waals surface area contributed by atoms with Gasteiger partial charge in [-0.05, 0) is 6.92 Å². The summed E-state index contributed by atoms with van der Waals surface area (Å²) < 4.78 is 9.30. The van der Waals surface area contributed by atoms with Gasteiger partial charge in [-0.25, -0.2) is 9.59 Å². The van der Waals surface area contributed by atoms with Crippen molar-refractivity contribution < 1.29 is 29.0 Å². The Balaban J connectivity index is 4.81. The Bertz CT molecular complexity index is 365. The highest BCUT2D eigenvalue weighted by molar-refractivity contribution is 5.87. The van der Waals surface area contributed by atoms with Crippen LogP contribution in [-0.4, -0.2) is 42.4 Å².